The van der Waals surface area contributed by atoms with Crippen molar-refractivity contribution in [2.75, 3.05) is 13.1 Å². The highest BCUT2D eigenvalue weighted by atomic mass is 32.2. The Hall–Kier alpha value is -3.24. The number of ketones is 1. The standard InChI is InChI=1S/C22H25N3O6S/c1-15(26)17-5-9-19(10-6-17)31-16(2)21(27)23-24-22(28)18-7-11-20(12-8-18)32(29,30)25-13-3-4-14-25/h5-12,16H,3-4,13-14H2,1-2H3,(H,23,27)(H,24,28). The number of amides is 2. The molecule has 0 spiro atoms. The summed E-state index contributed by atoms with van der Waals surface area (Å²) in [6.07, 6.45) is 0.766. The Balaban J connectivity index is 1.53. The molecule has 10 heteroatoms. The maximum Gasteiger partial charge on any atom is 0.279 e. The van der Waals surface area contributed by atoms with E-state index in [1.165, 1.54) is 42.4 Å². The smallest absolute Gasteiger partial charge is 0.279 e. The predicted molar refractivity (Wildman–Crippen MR) is 117 cm³/mol. The minimum absolute atomic E-state index is 0.0771. The van der Waals surface area contributed by atoms with Crippen molar-refractivity contribution >= 4 is 27.6 Å². The normalized spacial score (nSPS) is 15.1. The molecule has 32 heavy (non-hydrogen) atoms. The monoisotopic (exact) mass is 459 g/mol. The summed E-state index contributed by atoms with van der Waals surface area (Å²) < 4.78 is 32.0. The molecule has 0 saturated carbocycles. The van der Waals surface area contributed by atoms with E-state index in [-0.39, 0.29) is 16.2 Å². The molecule has 2 amide bonds. The number of sulfonamides is 1. The number of Topliss-reactive ketones (excluding diaryl/α,β-unsaturated/α-hetero) is 1. The van der Waals surface area contributed by atoms with Crippen LogP contribution in [0.5, 0.6) is 5.75 Å². The van der Waals surface area contributed by atoms with E-state index in [1.807, 2.05) is 0 Å². The minimum atomic E-state index is -3.56. The number of hydrazine groups is 1. The van der Waals surface area contributed by atoms with Crippen LogP contribution in [0.25, 0.3) is 0 Å². The SMILES string of the molecule is CC(=O)c1ccc(OC(C)C(=O)NNC(=O)c2ccc(S(=O)(=O)N3CCCC3)cc2)cc1. The van der Waals surface area contributed by atoms with Gasteiger partial charge in [-0.1, -0.05) is 0 Å². The number of nitrogens with zero attached hydrogens (tertiary/aromatic N) is 1. The first-order chi connectivity index (χ1) is 15.2. The highest BCUT2D eigenvalue weighted by Crippen LogP contribution is 2.21. The van der Waals surface area contributed by atoms with Crippen molar-refractivity contribution in [1.29, 1.82) is 0 Å². The lowest BCUT2D eigenvalue weighted by molar-refractivity contribution is -0.128. The molecule has 2 N–H and O–H groups in total. The van der Waals surface area contributed by atoms with E-state index in [2.05, 4.69) is 10.9 Å². The third-order valence-corrected chi connectivity index (χ3v) is 6.97. The van der Waals surface area contributed by atoms with Crippen molar-refractivity contribution < 1.29 is 27.5 Å². The van der Waals surface area contributed by atoms with Gasteiger partial charge in [0.2, 0.25) is 10.0 Å². The van der Waals surface area contributed by atoms with Gasteiger partial charge in [0, 0.05) is 24.2 Å². The molecule has 3 rings (SSSR count). The van der Waals surface area contributed by atoms with Crippen molar-refractivity contribution in [2.45, 2.75) is 37.7 Å². The van der Waals surface area contributed by atoms with E-state index in [9.17, 15) is 22.8 Å². The molecular weight excluding hydrogens is 434 g/mol. The quantitative estimate of drug-likeness (QED) is 0.482. The van der Waals surface area contributed by atoms with Gasteiger partial charge in [0.25, 0.3) is 11.8 Å². The van der Waals surface area contributed by atoms with E-state index in [0.29, 0.717) is 24.4 Å². The molecule has 9 nitrogen and oxygen atoms in total. The van der Waals surface area contributed by atoms with Gasteiger partial charge in [0.05, 0.1) is 4.90 Å². The van der Waals surface area contributed by atoms with Crippen LogP contribution in [0.15, 0.2) is 53.4 Å². The summed E-state index contributed by atoms with van der Waals surface area (Å²) in [5, 5.41) is 0. The lowest BCUT2D eigenvalue weighted by Crippen LogP contribution is -2.47. The van der Waals surface area contributed by atoms with E-state index < -0.39 is 27.9 Å². The second-order valence-electron chi connectivity index (χ2n) is 7.42. The number of hydrogen-bond donors (Lipinski definition) is 2. The average Bonchev–Trinajstić information content (AvgIpc) is 3.33. The maximum atomic E-state index is 12.5. The molecule has 1 atom stereocenters. The maximum absolute atomic E-state index is 12.5. The summed E-state index contributed by atoms with van der Waals surface area (Å²) in [7, 11) is -3.56. The minimum Gasteiger partial charge on any atom is -0.481 e. The zero-order valence-corrected chi connectivity index (χ0v) is 18.6. The molecule has 0 radical (unpaired) electrons. The third-order valence-electron chi connectivity index (χ3n) is 5.06. The Kier molecular flexibility index (Phi) is 7.26. The van der Waals surface area contributed by atoms with Crippen LogP contribution in [0.1, 0.15) is 47.4 Å². The molecule has 1 saturated heterocycles. The molecular formula is C22H25N3O6S. The van der Waals surface area contributed by atoms with Crippen molar-refractivity contribution in [1.82, 2.24) is 15.2 Å². The summed E-state index contributed by atoms with van der Waals surface area (Å²) in [6, 6.07) is 11.9. The number of carbonyl (C=O) groups excluding carboxylic acids is 3. The van der Waals surface area contributed by atoms with Crippen molar-refractivity contribution in [2.24, 2.45) is 0 Å². The first kappa shape index (κ1) is 23.4. The van der Waals surface area contributed by atoms with Crippen LogP contribution in [0.2, 0.25) is 0 Å². The molecule has 170 valence electrons. The van der Waals surface area contributed by atoms with E-state index in [0.717, 1.165) is 12.8 Å². The van der Waals surface area contributed by atoms with Gasteiger partial charge in [-0.3, -0.25) is 25.2 Å². The predicted octanol–water partition coefficient (Wildman–Crippen LogP) is 1.90. The molecule has 0 aromatic heterocycles. The van der Waals surface area contributed by atoms with Gasteiger partial charge in [0.1, 0.15) is 5.75 Å². The Bertz CT molecular complexity index is 1090. The zero-order valence-electron chi connectivity index (χ0n) is 17.8. The number of ether oxygens (including phenoxy) is 1. The van der Waals surface area contributed by atoms with Crippen molar-refractivity contribution in [3.05, 3.63) is 59.7 Å². The molecule has 1 fully saturated rings. The van der Waals surface area contributed by atoms with Gasteiger partial charge >= 0.3 is 0 Å². The topological polar surface area (TPSA) is 122 Å². The molecule has 1 heterocycles. The van der Waals surface area contributed by atoms with Crippen LogP contribution in [-0.4, -0.2) is 49.5 Å². The fourth-order valence-electron chi connectivity index (χ4n) is 3.17. The largest absolute Gasteiger partial charge is 0.481 e. The highest BCUT2D eigenvalue weighted by Gasteiger charge is 2.27. The number of rotatable bonds is 7. The van der Waals surface area contributed by atoms with Crippen molar-refractivity contribution in [3.8, 4) is 5.75 Å². The number of carbonyl (C=O) groups is 3. The first-order valence-corrected chi connectivity index (χ1v) is 11.6. The van der Waals surface area contributed by atoms with E-state index in [4.69, 9.17) is 4.74 Å². The Labute approximate surface area is 186 Å². The average molecular weight is 460 g/mol. The van der Waals surface area contributed by atoms with Crippen LogP contribution in [0.4, 0.5) is 0 Å². The van der Waals surface area contributed by atoms with Crippen LogP contribution >= 0.6 is 0 Å². The Morgan fingerprint density at radius 2 is 1.47 bits per heavy atom. The van der Waals surface area contributed by atoms with Gasteiger partial charge in [-0.15, -0.1) is 0 Å². The van der Waals surface area contributed by atoms with Crippen LogP contribution in [0, 0.1) is 0 Å². The summed E-state index contributed by atoms with van der Waals surface area (Å²) in [4.78, 5) is 35.9. The molecule has 1 aliphatic rings. The molecule has 1 unspecified atom stereocenters. The number of benzene rings is 2. The zero-order chi connectivity index (χ0) is 23.3. The molecule has 0 aliphatic carbocycles. The molecule has 2 aromatic carbocycles. The molecule has 1 aliphatic heterocycles. The van der Waals surface area contributed by atoms with Gasteiger partial charge in [-0.2, -0.15) is 4.31 Å². The second-order valence-corrected chi connectivity index (χ2v) is 9.36. The Morgan fingerprint density at radius 3 is 2.03 bits per heavy atom. The lowest BCUT2D eigenvalue weighted by Gasteiger charge is -2.16. The highest BCUT2D eigenvalue weighted by molar-refractivity contribution is 7.89. The Morgan fingerprint density at radius 1 is 0.906 bits per heavy atom. The number of nitrogens with one attached hydrogen (secondary N) is 2. The summed E-state index contributed by atoms with van der Waals surface area (Å²) >= 11 is 0. The third kappa shape index (κ3) is 5.51. The first-order valence-electron chi connectivity index (χ1n) is 10.2. The van der Waals surface area contributed by atoms with Crippen LogP contribution in [0.3, 0.4) is 0 Å². The fraction of sp³-hybridized carbons (Fsp3) is 0.318. The van der Waals surface area contributed by atoms with E-state index >= 15 is 0 Å². The lowest BCUT2D eigenvalue weighted by atomic mass is 10.1. The second kappa shape index (κ2) is 9.92. The summed E-state index contributed by atoms with van der Waals surface area (Å²) in [5.41, 5.74) is 5.28. The molecule has 2 aromatic rings. The van der Waals surface area contributed by atoms with Gasteiger partial charge in [-0.05, 0) is 75.2 Å². The van der Waals surface area contributed by atoms with Gasteiger partial charge in [0.15, 0.2) is 11.9 Å². The fourth-order valence-corrected chi connectivity index (χ4v) is 4.69. The summed E-state index contributed by atoms with van der Waals surface area (Å²) in [6.45, 7) is 3.96. The van der Waals surface area contributed by atoms with Crippen LogP contribution in [-0.2, 0) is 14.8 Å². The van der Waals surface area contributed by atoms with Crippen LogP contribution < -0.4 is 15.6 Å². The van der Waals surface area contributed by atoms with Gasteiger partial charge < -0.3 is 4.74 Å². The van der Waals surface area contributed by atoms with Crippen molar-refractivity contribution in [3.63, 3.8) is 0 Å². The molecule has 0 bridgehead atoms. The van der Waals surface area contributed by atoms with Gasteiger partial charge in [-0.25, -0.2) is 8.42 Å². The van der Waals surface area contributed by atoms with E-state index in [1.54, 1.807) is 24.3 Å². The number of hydrogen-bond acceptors (Lipinski definition) is 6. The summed E-state index contributed by atoms with van der Waals surface area (Å²) in [5.74, 6) is -0.853.